The summed E-state index contributed by atoms with van der Waals surface area (Å²) in [6.45, 7) is 10.2. The zero-order chi connectivity index (χ0) is 22.6. The highest BCUT2D eigenvalue weighted by atomic mass is 32.1. The average Bonchev–Trinajstić information content (AvgIpc) is 3.20. The maximum atomic E-state index is 12.9. The van der Waals surface area contributed by atoms with Gasteiger partial charge < -0.3 is 5.32 Å². The number of carbonyl (C=O) groups is 2. The molecule has 1 atom stereocenters. The molecule has 0 aliphatic rings. The lowest BCUT2D eigenvalue weighted by atomic mass is 9.86. The molecule has 31 heavy (non-hydrogen) atoms. The molecule has 0 radical (unpaired) electrons. The molecular weight excluding hydrogens is 408 g/mol. The Labute approximate surface area is 187 Å². The predicted octanol–water partition coefficient (Wildman–Crippen LogP) is 4.90. The van der Waals surface area contributed by atoms with Crippen molar-refractivity contribution >= 4 is 28.3 Å². The van der Waals surface area contributed by atoms with Crippen molar-refractivity contribution in [2.45, 2.75) is 46.1 Å². The minimum Gasteiger partial charge on any atom is -0.340 e. The molecule has 0 saturated heterocycles. The topological polar surface area (TPSA) is 84.0 Å². The van der Waals surface area contributed by atoms with E-state index in [1.54, 1.807) is 12.1 Å². The molecule has 2 aromatic carbocycles. The summed E-state index contributed by atoms with van der Waals surface area (Å²) in [5.74, 6) is -0.693. The van der Waals surface area contributed by atoms with E-state index in [4.69, 9.17) is 0 Å². The SMILES string of the molecule is CC(C)[C@H](NC(=O)c1ccc(C(C)(C)C)cc1)C(=O)Nc1nnc(-c2ccccc2)s1. The Balaban J connectivity index is 1.68. The summed E-state index contributed by atoms with van der Waals surface area (Å²) in [6, 6.07) is 16.4. The van der Waals surface area contributed by atoms with Crippen LogP contribution in [0.3, 0.4) is 0 Å². The lowest BCUT2D eigenvalue weighted by molar-refractivity contribution is -0.118. The van der Waals surface area contributed by atoms with E-state index in [9.17, 15) is 9.59 Å². The highest BCUT2D eigenvalue weighted by molar-refractivity contribution is 7.18. The van der Waals surface area contributed by atoms with Crippen LogP contribution in [0.4, 0.5) is 5.13 Å². The standard InChI is InChI=1S/C24H28N4O2S/c1-15(2)19(25-20(29)16-11-13-18(14-12-16)24(3,4)5)21(30)26-23-28-27-22(31-23)17-9-7-6-8-10-17/h6-15,19H,1-5H3,(H,25,29)(H,26,28,30)/t19-/m0/s1. The van der Waals surface area contributed by atoms with E-state index in [2.05, 4.69) is 41.6 Å². The molecule has 0 bridgehead atoms. The number of aromatic nitrogens is 2. The van der Waals surface area contributed by atoms with Crippen LogP contribution < -0.4 is 10.6 Å². The van der Waals surface area contributed by atoms with Gasteiger partial charge in [0.05, 0.1) is 0 Å². The Bertz CT molecular complexity index is 1040. The number of hydrogen-bond acceptors (Lipinski definition) is 5. The number of benzene rings is 2. The van der Waals surface area contributed by atoms with Gasteiger partial charge in [-0.3, -0.25) is 14.9 Å². The monoisotopic (exact) mass is 436 g/mol. The fourth-order valence-corrected chi connectivity index (χ4v) is 3.79. The zero-order valence-electron chi connectivity index (χ0n) is 18.5. The van der Waals surface area contributed by atoms with E-state index < -0.39 is 6.04 Å². The lowest BCUT2D eigenvalue weighted by Gasteiger charge is -2.22. The molecular formula is C24H28N4O2S. The quantitative estimate of drug-likeness (QED) is 0.576. The Morgan fingerprint density at radius 3 is 2.16 bits per heavy atom. The summed E-state index contributed by atoms with van der Waals surface area (Å²) in [5.41, 5.74) is 2.62. The molecule has 162 valence electrons. The van der Waals surface area contributed by atoms with Crippen molar-refractivity contribution in [2.75, 3.05) is 5.32 Å². The third-order valence-corrected chi connectivity index (χ3v) is 5.81. The molecule has 1 aromatic heterocycles. The maximum Gasteiger partial charge on any atom is 0.251 e. The Kier molecular flexibility index (Phi) is 6.85. The van der Waals surface area contributed by atoms with Gasteiger partial charge in [0.1, 0.15) is 11.0 Å². The van der Waals surface area contributed by atoms with Gasteiger partial charge in [0.15, 0.2) is 0 Å². The van der Waals surface area contributed by atoms with Gasteiger partial charge in [0, 0.05) is 11.1 Å². The van der Waals surface area contributed by atoms with Crippen molar-refractivity contribution in [1.29, 1.82) is 0 Å². The van der Waals surface area contributed by atoms with Gasteiger partial charge in [-0.1, -0.05) is 88.4 Å². The van der Waals surface area contributed by atoms with Crippen LogP contribution in [-0.2, 0) is 10.2 Å². The first kappa shape index (κ1) is 22.6. The first-order valence-electron chi connectivity index (χ1n) is 10.3. The van der Waals surface area contributed by atoms with Crippen LogP contribution >= 0.6 is 11.3 Å². The molecule has 0 fully saturated rings. The molecule has 0 spiro atoms. The van der Waals surface area contributed by atoms with Crippen molar-refractivity contribution in [3.05, 3.63) is 65.7 Å². The van der Waals surface area contributed by atoms with Crippen LogP contribution in [0.5, 0.6) is 0 Å². The summed E-state index contributed by atoms with van der Waals surface area (Å²) in [5, 5.41) is 15.0. The van der Waals surface area contributed by atoms with Gasteiger partial charge >= 0.3 is 0 Å². The number of anilines is 1. The van der Waals surface area contributed by atoms with E-state index in [0.717, 1.165) is 16.1 Å². The number of carbonyl (C=O) groups excluding carboxylic acids is 2. The van der Waals surface area contributed by atoms with Gasteiger partial charge in [-0.05, 0) is 29.0 Å². The van der Waals surface area contributed by atoms with Crippen LogP contribution in [0, 0.1) is 5.92 Å². The molecule has 0 aliphatic heterocycles. The van der Waals surface area contributed by atoms with Crippen LogP contribution in [-0.4, -0.2) is 28.1 Å². The maximum absolute atomic E-state index is 12.9. The Morgan fingerprint density at radius 2 is 1.58 bits per heavy atom. The lowest BCUT2D eigenvalue weighted by Crippen LogP contribution is -2.47. The van der Waals surface area contributed by atoms with Gasteiger partial charge in [-0.25, -0.2) is 0 Å². The predicted molar refractivity (Wildman–Crippen MR) is 125 cm³/mol. The summed E-state index contributed by atoms with van der Waals surface area (Å²) >= 11 is 1.30. The first-order chi connectivity index (χ1) is 14.6. The summed E-state index contributed by atoms with van der Waals surface area (Å²) in [7, 11) is 0. The Morgan fingerprint density at radius 1 is 0.935 bits per heavy atom. The highest BCUT2D eigenvalue weighted by Gasteiger charge is 2.26. The van der Waals surface area contributed by atoms with Gasteiger partial charge in [-0.2, -0.15) is 0 Å². The number of nitrogens with one attached hydrogen (secondary N) is 2. The van der Waals surface area contributed by atoms with Gasteiger partial charge in [-0.15, -0.1) is 10.2 Å². The summed E-state index contributed by atoms with van der Waals surface area (Å²) < 4.78 is 0. The minimum atomic E-state index is -0.695. The van der Waals surface area contributed by atoms with E-state index in [0.29, 0.717) is 10.7 Å². The van der Waals surface area contributed by atoms with Crippen LogP contribution in [0.25, 0.3) is 10.6 Å². The van der Waals surface area contributed by atoms with Crippen molar-refractivity contribution in [3.63, 3.8) is 0 Å². The van der Waals surface area contributed by atoms with E-state index in [-0.39, 0.29) is 23.1 Å². The molecule has 3 aromatic rings. The molecule has 2 N–H and O–H groups in total. The van der Waals surface area contributed by atoms with Gasteiger partial charge in [0.25, 0.3) is 5.91 Å². The molecule has 1 heterocycles. The normalized spacial score (nSPS) is 12.5. The third kappa shape index (κ3) is 5.76. The van der Waals surface area contributed by atoms with Crippen molar-refractivity contribution < 1.29 is 9.59 Å². The molecule has 7 heteroatoms. The smallest absolute Gasteiger partial charge is 0.251 e. The van der Waals surface area contributed by atoms with Crippen LogP contribution in [0.1, 0.15) is 50.5 Å². The second kappa shape index (κ2) is 9.39. The summed E-state index contributed by atoms with van der Waals surface area (Å²) in [4.78, 5) is 25.6. The van der Waals surface area contributed by atoms with Crippen molar-refractivity contribution in [2.24, 2.45) is 5.92 Å². The van der Waals surface area contributed by atoms with Gasteiger partial charge in [0.2, 0.25) is 11.0 Å². The second-order valence-corrected chi connectivity index (χ2v) is 9.77. The van der Waals surface area contributed by atoms with Crippen molar-refractivity contribution in [3.8, 4) is 10.6 Å². The van der Waals surface area contributed by atoms with Crippen molar-refractivity contribution in [1.82, 2.24) is 15.5 Å². The molecule has 6 nitrogen and oxygen atoms in total. The highest BCUT2D eigenvalue weighted by Crippen LogP contribution is 2.26. The molecule has 0 saturated carbocycles. The van der Waals surface area contributed by atoms with Crippen LogP contribution in [0.2, 0.25) is 0 Å². The van der Waals surface area contributed by atoms with E-state index >= 15 is 0 Å². The summed E-state index contributed by atoms with van der Waals surface area (Å²) in [6.07, 6.45) is 0. The van der Waals surface area contributed by atoms with E-state index in [1.165, 1.54) is 11.3 Å². The molecule has 3 rings (SSSR count). The fraction of sp³-hybridized carbons (Fsp3) is 0.333. The molecule has 2 amide bonds. The van der Waals surface area contributed by atoms with Crippen LogP contribution in [0.15, 0.2) is 54.6 Å². The zero-order valence-corrected chi connectivity index (χ0v) is 19.3. The number of nitrogens with zero attached hydrogens (tertiary/aromatic N) is 2. The van der Waals surface area contributed by atoms with E-state index in [1.807, 2.05) is 56.3 Å². The minimum absolute atomic E-state index is 0.00963. The average molecular weight is 437 g/mol. The fourth-order valence-electron chi connectivity index (χ4n) is 3.04. The number of amides is 2. The largest absolute Gasteiger partial charge is 0.340 e. The molecule has 0 unspecified atom stereocenters. The molecule has 0 aliphatic carbocycles. The second-order valence-electron chi connectivity index (χ2n) is 8.79. The number of hydrogen-bond donors (Lipinski definition) is 2. The Hall–Kier alpha value is -3.06. The first-order valence-corrected chi connectivity index (χ1v) is 11.1. The number of rotatable bonds is 6. The third-order valence-electron chi connectivity index (χ3n) is 4.92.